The number of nitrogens with two attached hydrogens (primary N) is 1. The fourth-order valence-corrected chi connectivity index (χ4v) is 4.35. The zero-order chi connectivity index (χ0) is 24.1. The van der Waals surface area contributed by atoms with Gasteiger partial charge in [-0.25, -0.2) is 4.98 Å². The van der Waals surface area contributed by atoms with E-state index in [1.54, 1.807) is 37.6 Å². The number of aromatic nitrogens is 2. The summed E-state index contributed by atoms with van der Waals surface area (Å²) in [5, 5.41) is 3.09. The van der Waals surface area contributed by atoms with Crippen molar-refractivity contribution in [3.63, 3.8) is 0 Å². The zero-order valence-corrected chi connectivity index (χ0v) is 19.6. The first-order valence-electron chi connectivity index (χ1n) is 10.6. The lowest BCUT2D eigenvalue weighted by atomic mass is 10.1. The van der Waals surface area contributed by atoms with Crippen LogP contribution < -0.4 is 15.8 Å². The molecule has 8 heteroatoms. The third-order valence-corrected chi connectivity index (χ3v) is 6.28. The summed E-state index contributed by atoms with van der Waals surface area (Å²) < 4.78 is 7.61. The Morgan fingerprint density at radius 2 is 1.68 bits per heavy atom. The van der Waals surface area contributed by atoms with E-state index in [0.717, 1.165) is 16.9 Å². The third kappa shape index (κ3) is 4.97. The summed E-state index contributed by atoms with van der Waals surface area (Å²) in [6.45, 7) is 1.82. The van der Waals surface area contributed by atoms with Gasteiger partial charge in [-0.15, -0.1) is 0 Å². The lowest BCUT2D eigenvalue weighted by Gasteiger charge is -2.17. The normalized spacial score (nSPS) is 11.6. The number of benzene rings is 3. The fourth-order valence-electron chi connectivity index (χ4n) is 3.45. The van der Waals surface area contributed by atoms with Gasteiger partial charge in [-0.1, -0.05) is 54.2 Å². The standard InChI is InChI=1S/C26H24N4O3S/c1-17(25(32)29-20-14-12-19(13-15-20)24(27)31)34-26-28-16-22(18-8-4-3-5-9-18)30(26)21-10-6-7-11-23(21)33-2/h3-17H,1-2H3,(H2,27,31)(H,29,32). The highest BCUT2D eigenvalue weighted by Crippen LogP contribution is 2.35. The Balaban J connectivity index is 1.63. The molecular weight excluding hydrogens is 448 g/mol. The number of primary amides is 1. The molecule has 0 aliphatic heterocycles. The van der Waals surface area contributed by atoms with Crippen LogP contribution in [0.4, 0.5) is 5.69 Å². The van der Waals surface area contributed by atoms with E-state index in [0.29, 0.717) is 22.2 Å². The molecule has 0 aliphatic carbocycles. The van der Waals surface area contributed by atoms with E-state index in [4.69, 9.17) is 10.5 Å². The second-order valence-corrected chi connectivity index (χ2v) is 8.80. The highest BCUT2D eigenvalue weighted by Gasteiger charge is 2.22. The van der Waals surface area contributed by atoms with Gasteiger partial charge in [-0.05, 0) is 43.3 Å². The van der Waals surface area contributed by atoms with Crippen molar-refractivity contribution >= 4 is 29.3 Å². The largest absolute Gasteiger partial charge is 0.495 e. The van der Waals surface area contributed by atoms with E-state index < -0.39 is 11.2 Å². The topological polar surface area (TPSA) is 99.2 Å². The first-order chi connectivity index (χ1) is 16.5. The molecule has 7 nitrogen and oxygen atoms in total. The zero-order valence-electron chi connectivity index (χ0n) is 18.8. The molecule has 0 radical (unpaired) electrons. The molecule has 3 aromatic carbocycles. The Morgan fingerprint density at radius 1 is 1.00 bits per heavy atom. The Bertz CT molecular complexity index is 1300. The number of hydrogen-bond donors (Lipinski definition) is 2. The van der Waals surface area contributed by atoms with Crippen LogP contribution in [0.2, 0.25) is 0 Å². The van der Waals surface area contributed by atoms with Crippen LogP contribution in [-0.2, 0) is 4.79 Å². The molecule has 3 N–H and O–H groups in total. The summed E-state index contributed by atoms with van der Waals surface area (Å²) >= 11 is 1.35. The number of carbonyl (C=O) groups is 2. The van der Waals surface area contributed by atoms with Gasteiger partial charge < -0.3 is 15.8 Å². The van der Waals surface area contributed by atoms with Crippen molar-refractivity contribution in [1.29, 1.82) is 0 Å². The molecular formula is C26H24N4O3S. The molecule has 2 amide bonds. The molecule has 34 heavy (non-hydrogen) atoms. The van der Waals surface area contributed by atoms with Gasteiger partial charge in [0.2, 0.25) is 11.8 Å². The molecule has 0 aliphatic rings. The van der Waals surface area contributed by atoms with Gasteiger partial charge in [0.25, 0.3) is 0 Å². The Labute approximate surface area is 202 Å². The van der Waals surface area contributed by atoms with Crippen LogP contribution in [0.3, 0.4) is 0 Å². The van der Waals surface area contributed by atoms with Gasteiger partial charge in [-0.2, -0.15) is 0 Å². The number of nitrogens with zero attached hydrogens (tertiary/aromatic N) is 2. The highest BCUT2D eigenvalue weighted by atomic mass is 32.2. The van der Waals surface area contributed by atoms with Gasteiger partial charge in [0.05, 0.1) is 29.9 Å². The number of anilines is 1. The van der Waals surface area contributed by atoms with Crippen molar-refractivity contribution < 1.29 is 14.3 Å². The maximum atomic E-state index is 12.9. The minimum atomic E-state index is -0.515. The summed E-state index contributed by atoms with van der Waals surface area (Å²) in [7, 11) is 1.63. The summed E-state index contributed by atoms with van der Waals surface area (Å²) in [6.07, 6.45) is 1.80. The number of carbonyl (C=O) groups excluding carboxylic acids is 2. The third-order valence-electron chi connectivity index (χ3n) is 5.21. The van der Waals surface area contributed by atoms with Crippen molar-refractivity contribution in [3.8, 4) is 22.7 Å². The number of imidazole rings is 1. The van der Waals surface area contributed by atoms with Gasteiger partial charge in [0.15, 0.2) is 5.16 Å². The SMILES string of the molecule is COc1ccccc1-n1c(-c2ccccc2)cnc1SC(C)C(=O)Nc1ccc(C(N)=O)cc1. The molecule has 0 bridgehead atoms. The molecule has 0 spiro atoms. The smallest absolute Gasteiger partial charge is 0.248 e. The predicted molar refractivity (Wildman–Crippen MR) is 134 cm³/mol. The van der Waals surface area contributed by atoms with Crippen LogP contribution in [-0.4, -0.2) is 33.7 Å². The molecule has 4 aromatic rings. The van der Waals surface area contributed by atoms with Crippen molar-refractivity contribution in [1.82, 2.24) is 9.55 Å². The minimum absolute atomic E-state index is 0.187. The summed E-state index contributed by atoms with van der Waals surface area (Å²) in [6, 6.07) is 24.1. The quantitative estimate of drug-likeness (QED) is 0.360. The van der Waals surface area contributed by atoms with Gasteiger partial charge >= 0.3 is 0 Å². The molecule has 0 fully saturated rings. The number of hydrogen-bond acceptors (Lipinski definition) is 5. The molecule has 172 valence electrons. The number of methoxy groups -OCH3 is 1. The summed E-state index contributed by atoms with van der Waals surface area (Å²) in [5.74, 6) is -0.00182. The van der Waals surface area contributed by atoms with Crippen LogP contribution in [0, 0.1) is 0 Å². The monoisotopic (exact) mass is 472 g/mol. The Morgan fingerprint density at radius 3 is 2.35 bits per heavy atom. The lowest BCUT2D eigenvalue weighted by molar-refractivity contribution is -0.115. The van der Waals surface area contributed by atoms with Crippen molar-refractivity contribution in [2.75, 3.05) is 12.4 Å². The molecule has 0 saturated heterocycles. The van der Waals surface area contributed by atoms with E-state index >= 15 is 0 Å². The van der Waals surface area contributed by atoms with Crippen LogP contribution in [0.5, 0.6) is 5.75 Å². The van der Waals surface area contributed by atoms with Gasteiger partial charge in [0.1, 0.15) is 5.75 Å². The number of ether oxygens (including phenoxy) is 1. The van der Waals surface area contributed by atoms with E-state index in [9.17, 15) is 9.59 Å². The number of thioether (sulfide) groups is 1. The number of nitrogens with one attached hydrogen (secondary N) is 1. The van der Waals surface area contributed by atoms with Crippen molar-refractivity contribution in [2.24, 2.45) is 5.73 Å². The lowest BCUT2D eigenvalue weighted by Crippen LogP contribution is -2.23. The predicted octanol–water partition coefficient (Wildman–Crippen LogP) is 4.77. The maximum absolute atomic E-state index is 12.9. The first-order valence-corrected chi connectivity index (χ1v) is 11.5. The number of para-hydroxylation sites is 2. The average molecular weight is 473 g/mol. The van der Waals surface area contributed by atoms with E-state index in [1.165, 1.54) is 11.8 Å². The molecule has 0 saturated carbocycles. The molecule has 1 heterocycles. The number of rotatable bonds is 8. The van der Waals surface area contributed by atoms with Crippen molar-refractivity contribution in [2.45, 2.75) is 17.3 Å². The van der Waals surface area contributed by atoms with E-state index in [1.807, 2.05) is 66.1 Å². The van der Waals surface area contributed by atoms with E-state index in [-0.39, 0.29) is 5.91 Å². The second kappa shape index (κ2) is 10.3. The number of amides is 2. The van der Waals surface area contributed by atoms with Gasteiger partial charge in [-0.3, -0.25) is 14.2 Å². The van der Waals surface area contributed by atoms with Crippen LogP contribution in [0.1, 0.15) is 17.3 Å². The van der Waals surface area contributed by atoms with Crippen LogP contribution in [0.25, 0.3) is 16.9 Å². The minimum Gasteiger partial charge on any atom is -0.495 e. The molecule has 4 rings (SSSR count). The first kappa shape index (κ1) is 23.1. The van der Waals surface area contributed by atoms with Crippen LogP contribution in [0.15, 0.2) is 90.2 Å². The summed E-state index contributed by atoms with van der Waals surface area (Å²) in [4.78, 5) is 28.8. The summed E-state index contributed by atoms with van der Waals surface area (Å²) in [5.41, 5.74) is 8.97. The maximum Gasteiger partial charge on any atom is 0.248 e. The van der Waals surface area contributed by atoms with Gasteiger partial charge in [0, 0.05) is 16.8 Å². The second-order valence-electron chi connectivity index (χ2n) is 7.49. The van der Waals surface area contributed by atoms with Crippen LogP contribution >= 0.6 is 11.8 Å². The fraction of sp³-hybridized carbons (Fsp3) is 0.115. The highest BCUT2D eigenvalue weighted by molar-refractivity contribution is 8.00. The van der Waals surface area contributed by atoms with E-state index in [2.05, 4.69) is 10.3 Å². The van der Waals surface area contributed by atoms with Crippen molar-refractivity contribution in [3.05, 3.63) is 90.6 Å². The molecule has 1 aromatic heterocycles. The molecule has 1 unspecified atom stereocenters. The Hall–Kier alpha value is -4.04. The molecule has 1 atom stereocenters. The average Bonchev–Trinajstić information content (AvgIpc) is 3.28. The Kier molecular flexibility index (Phi) is 6.98.